The van der Waals surface area contributed by atoms with Gasteiger partial charge in [-0.3, -0.25) is 0 Å². The van der Waals surface area contributed by atoms with Crippen LogP contribution in [-0.4, -0.2) is 19.2 Å². The van der Waals surface area contributed by atoms with Crippen LogP contribution in [0, 0.1) is 0 Å². The zero-order valence-electron chi connectivity index (χ0n) is 6.69. The summed E-state index contributed by atoms with van der Waals surface area (Å²) in [4.78, 5) is 0. The lowest BCUT2D eigenvalue weighted by Gasteiger charge is -2.09. The van der Waals surface area contributed by atoms with E-state index in [1.165, 1.54) is 6.42 Å². The predicted molar refractivity (Wildman–Crippen MR) is 52.3 cm³/mol. The average molecular weight is 257 g/mol. The highest BCUT2D eigenvalue weighted by Gasteiger charge is 1.94. The molecule has 1 N–H and O–H groups in total. The van der Waals surface area contributed by atoms with Crippen molar-refractivity contribution in [1.29, 1.82) is 0 Å². The highest BCUT2D eigenvalue weighted by molar-refractivity contribution is 14.1. The third kappa shape index (κ3) is 6.77. The number of hydrogen-bond donors (Lipinski definition) is 1. The smallest absolute Gasteiger partial charge is 0.109 e. The fraction of sp³-hybridized carbons (Fsp3) is 1.00. The molecule has 0 saturated carbocycles. The van der Waals surface area contributed by atoms with Crippen molar-refractivity contribution in [2.75, 3.05) is 13.2 Å². The SMILES string of the molecule is CCC(C)NCCCOI. The van der Waals surface area contributed by atoms with Crippen molar-refractivity contribution in [3.05, 3.63) is 0 Å². The molecule has 3 heteroatoms. The van der Waals surface area contributed by atoms with Crippen LogP contribution in [0.15, 0.2) is 0 Å². The molecule has 0 aromatic heterocycles. The van der Waals surface area contributed by atoms with Crippen molar-refractivity contribution in [2.24, 2.45) is 0 Å². The highest BCUT2D eigenvalue weighted by atomic mass is 127. The summed E-state index contributed by atoms with van der Waals surface area (Å²) in [6.45, 7) is 6.30. The van der Waals surface area contributed by atoms with E-state index in [4.69, 9.17) is 3.07 Å². The Bertz CT molecular complexity index is 70.6. The van der Waals surface area contributed by atoms with Crippen molar-refractivity contribution >= 4 is 23.0 Å². The normalized spacial score (nSPS) is 13.5. The Hall–Kier alpha value is 0.650. The maximum Gasteiger partial charge on any atom is 0.109 e. The van der Waals surface area contributed by atoms with Gasteiger partial charge < -0.3 is 8.38 Å². The first kappa shape index (κ1) is 10.7. The quantitative estimate of drug-likeness (QED) is 0.581. The Kier molecular flexibility index (Phi) is 8.26. The standard InChI is InChI=1S/C7H16INO/c1-3-7(2)9-5-4-6-10-8/h7,9H,3-6H2,1-2H3. The van der Waals surface area contributed by atoms with E-state index in [-0.39, 0.29) is 0 Å². The van der Waals surface area contributed by atoms with Gasteiger partial charge in [-0.2, -0.15) is 0 Å². The Morgan fingerprint density at radius 2 is 2.30 bits per heavy atom. The van der Waals surface area contributed by atoms with Gasteiger partial charge >= 0.3 is 0 Å². The second-order valence-electron chi connectivity index (χ2n) is 2.43. The second kappa shape index (κ2) is 7.75. The van der Waals surface area contributed by atoms with Gasteiger partial charge in [-0.25, -0.2) is 0 Å². The molecule has 0 aliphatic rings. The van der Waals surface area contributed by atoms with E-state index in [1.807, 2.05) is 23.0 Å². The Morgan fingerprint density at radius 3 is 2.80 bits per heavy atom. The third-order valence-corrected chi connectivity index (χ3v) is 1.94. The van der Waals surface area contributed by atoms with Gasteiger partial charge in [0.2, 0.25) is 0 Å². The monoisotopic (exact) mass is 257 g/mol. The average Bonchev–Trinajstić information content (AvgIpc) is 1.98. The Balaban J connectivity index is 2.89. The molecule has 0 aliphatic carbocycles. The fourth-order valence-electron chi connectivity index (χ4n) is 0.620. The van der Waals surface area contributed by atoms with Crippen LogP contribution in [0.3, 0.4) is 0 Å². The Morgan fingerprint density at radius 1 is 1.60 bits per heavy atom. The van der Waals surface area contributed by atoms with E-state index >= 15 is 0 Å². The van der Waals surface area contributed by atoms with Crippen LogP contribution in [0.25, 0.3) is 0 Å². The first-order valence-corrected chi connectivity index (χ1v) is 4.66. The van der Waals surface area contributed by atoms with Gasteiger partial charge in [0.25, 0.3) is 0 Å². The molecular weight excluding hydrogens is 241 g/mol. The van der Waals surface area contributed by atoms with Gasteiger partial charge in [0, 0.05) is 6.04 Å². The summed E-state index contributed by atoms with van der Waals surface area (Å²) >= 11 is 1.93. The molecule has 1 atom stereocenters. The molecule has 62 valence electrons. The number of rotatable bonds is 6. The lowest BCUT2D eigenvalue weighted by atomic mass is 10.2. The van der Waals surface area contributed by atoms with Crippen LogP contribution in [-0.2, 0) is 3.07 Å². The summed E-state index contributed by atoms with van der Waals surface area (Å²) in [7, 11) is 0. The van der Waals surface area contributed by atoms with Crippen LogP contribution in [0.4, 0.5) is 0 Å². The molecular formula is C7H16INO. The lowest BCUT2D eigenvalue weighted by Crippen LogP contribution is -2.26. The van der Waals surface area contributed by atoms with Gasteiger partial charge in [0.1, 0.15) is 23.0 Å². The summed E-state index contributed by atoms with van der Waals surface area (Å²) < 4.78 is 4.89. The zero-order chi connectivity index (χ0) is 7.82. The van der Waals surface area contributed by atoms with E-state index < -0.39 is 0 Å². The first-order valence-electron chi connectivity index (χ1n) is 3.78. The minimum absolute atomic E-state index is 0.647. The van der Waals surface area contributed by atoms with E-state index in [0.29, 0.717) is 6.04 Å². The van der Waals surface area contributed by atoms with E-state index in [2.05, 4.69) is 19.2 Å². The molecule has 0 bridgehead atoms. The summed E-state index contributed by atoms with van der Waals surface area (Å²) in [6.07, 6.45) is 2.30. The topological polar surface area (TPSA) is 21.3 Å². The molecule has 1 unspecified atom stereocenters. The molecule has 0 fully saturated rings. The number of hydrogen-bond acceptors (Lipinski definition) is 2. The lowest BCUT2D eigenvalue weighted by molar-refractivity contribution is 0.396. The third-order valence-electron chi connectivity index (χ3n) is 1.50. The molecule has 0 aromatic carbocycles. The molecule has 0 amide bonds. The van der Waals surface area contributed by atoms with E-state index in [0.717, 1.165) is 19.6 Å². The van der Waals surface area contributed by atoms with Crippen molar-refractivity contribution in [2.45, 2.75) is 32.7 Å². The van der Waals surface area contributed by atoms with E-state index in [1.54, 1.807) is 0 Å². The van der Waals surface area contributed by atoms with Crippen molar-refractivity contribution in [3.63, 3.8) is 0 Å². The van der Waals surface area contributed by atoms with E-state index in [9.17, 15) is 0 Å². The van der Waals surface area contributed by atoms with Crippen LogP contribution in [0.2, 0.25) is 0 Å². The summed E-state index contributed by atoms with van der Waals surface area (Å²) in [6, 6.07) is 0.647. The summed E-state index contributed by atoms with van der Waals surface area (Å²) in [5.41, 5.74) is 0. The molecule has 0 aliphatic heterocycles. The van der Waals surface area contributed by atoms with Gasteiger partial charge in [-0.15, -0.1) is 0 Å². The molecule has 0 heterocycles. The van der Waals surface area contributed by atoms with Crippen molar-refractivity contribution < 1.29 is 3.07 Å². The molecule has 0 radical (unpaired) electrons. The fourth-order valence-corrected chi connectivity index (χ4v) is 0.931. The minimum Gasteiger partial charge on any atom is -0.316 e. The van der Waals surface area contributed by atoms with Crippen molar-refractivity contribution in [3.8, 4) is 0 Å². The maximum absolute atomic E-state index is 4.89. The highest BCUT2D eigenvalue weighted by Crippen LogP contribution is 1.90. The van der Waals surface area contributed by atoms with Crippen LogP contribution in [0.1, 0.15) is 26.7 Å². The first-order chi connectivity index (χ1) is 4.81. The maximum atomic E-state index is 4.89. The zero-order valence-corrected chi connectivity index (χ0v) is 8.85. The molecule has 0 spiro atoms. The summed E-state index contributed by atoms with van der Waals surface area (Å²) in [5.74, 6) is 0. The molecule has 2 nitrogen and oxygen atoms in total. The summed E-state index contributed by atoms with van der Waals surface area (Å²) in [5, 5.41) is 3.38. The van der Waals surface area contributed by atoms with Gasteiger partial charge in [-0.05, 0) is 26.3 Å². The number of halogens is 1. The van der Waals surface area contributed by atoms with Crippen LogP contribution < -0.4 is 5.32 Å². The largest absolute Gasteiger partial charge is 0.316 e. The van der Waals surface area contributed by atoms with Gasteiger partial charge in [0.15, 0.2) is 0 Å². The molecule has 0 aromatic rings. The van der Waals surface area contributed by atoms with Gasteiger partial charge in [-0.1, -0.05) is 6.92 Å². The second-order valence-corrected chi connectivity index (χ2v) is 3.05. The molecule has 10 heavy (non-hydrogen) atoms. The number of nitrogens with one attached hydrogen (secondary N) is 1. The van der Waals surface area contributed by atoms with Gasteiger partial charge in [0.05, 0.1) is 6.61 Å². The molecule has 0 saturated heterocycles. The predicted octanol–water partition coefficient (Wildman–Crippen LogP) is 2.13. The van der Waals surface area contributed by atoms with Crippen LogP contribution >= 0.6 is 23.0 Å². The minimum atomic E-state index is 0.647. The van der Waals surface area contributed by atoms with Crippen molar-refractivity contribution in [1.82, 2.24) is 5.32 Å². The Labute approximate surface area is 77.4 Å². The van der Waals surface area contributed by atoms with Crippen LogP contribution in [0.5, 0.6) is 0 Å². The molecule has 0 rings (SSSR count).